The van der Waals surface area contributed by atoms with E-state index in [2.05, 4.69) is 19.9 Å². The summed E-state index contributed by atoms with van der Waals surface area (Å²) in [5, 5.41) is 7.78. The second-order valence-corrected chi connectivity index (χ2v) is 8.45. The van der Waals surface area contributed by atoms with E-state index < -0.39 is 47.3 Å². The zero-order valence-corrected chi connectivity index (χ0v) is 17.8. The average molecular weight is 517 g/mol. The Morgan fingerprint density at radius 2 is 1.79 bits per heavy atom. The summed E-state index contributed by atoms with van der Waals surface area (Å²) in [4.78, 5) is 4.06. The highest BCUT2D eigenvalue weighted by Gasteiger charge is 2.75. The van der Waals surface area contributed by atoms with Crippen molar-refractivity contribution in [2.24, 2.45) is 0 Å². The van der Waals surface area contributed by atoms with Gasteiger partial charge in [0.1, 0.15) is 12.7 Å². The van der Waals surface area contributed by atoms with Crippen LogP contribution in [-0.4, -0.2) is 65.3 Å². The van der Waals surface area contributed by atoms with Gasteiger partial charge in [0.15, 0.2) is 12.4 Å². The molecule has 0 amide bonds. The van der Waals surface area contributed by atoms with Crippen molar-refractivity contribution < 1.29 is 44.1 Å². The average Bonchev–Trinajstić information content (AvgIpc) is 3.49. The van der Waals surface area contributed by atoms with E-state index in [9.17, 15) is 39.3 Å². The highest BCUT2D eigenvalue weighted by atomic mass is 32.2. The van der Waals surface area contributed by atoms with Gasteiger partial charge in [-0.05, 0) is 18.2 Å². The molecule has 3 rings (SSSR count). The molecule has 16 heteroatoms. The van der Waals surface area contributed by atoms with E-state index in [0.29, 0.717) is 5.69 Å². The van der Waals surface area contributed by atoms with Crippen LogP contribution in [0.25, 0.3) is 11.4 Å². The van der Waals surface area contributed by atoms with Crippen molar-refractivity contribution in [3.05, 3.63) is 43.2 Å². The van der Waals surface area contributed by atoms with Gasteiger partial charge in [0.2, 0.25) is 0 Å². The summed E-state index contributed by atoms with van der Waals surface area (Å²) in [6.07, 6.45) is -0.655. The lowest BCUT2D eigenvalue weighted by Crippen LogP contribution is -2.59. The summed E-state index contributed by atoms with van der Waals surface area (Å²) < 4.78 is 124. The summed E-state index contributed by atoms with van der Waals surface area (Å²) >= 11 is 0. The summed E-state index contributed by atoms with van der Waals surface area (Å²) in [5.41, 5.74) is 0.632. The number of rotatable bonds is 10. The van der Waals surface area contributed by atoms with E-state index in [1.165, 1.54) is 29.5 Å². The molecule has 3 aromatic rings. The number of benzene rings is 1. The third kappa shape index (κ3) is 4.63. The number of hydrogen-bond acceptors (Lipinski definition) is 5. The standard InChI is InChI=1S/C18H15F8N5O2S/c1-2-34(32)14-4-3-11(31-10-27-9-29-31)5-13(14)30-7-12(6-28-30)33-8-16(21,22)18(25,26)17(23,24)15(19)20/h3-7,9-10,15H,2,8H2,1H3. The molecule has 0 fully saturated rings. The molecule has 0 aliphatic rings. The number of hydrogen-bond donors (Lipinski definition) is 0. The Kier molecular flexibility index (Phi) is 7.00. The highest BCUT2D eigenvalue weighted by Crippen LogP contribution is 2.48. The van der Waals surface area contributed by atoms with Crippen LogP contribution in [0.3, 0.4) is 0 Å². The van der Waals surface area contributed by atoms with Crippen LogP contribution in [0.1, 0.15) is 6.92 Å². The van der Waals surface area contributed by atoms with Crippen molar-refractivity contribution in [3.8, 4) is 17.1 Å². The molecule has 1 unspecified atom stereocenters. The number of halogens is 8. The molecule has 0 N–H and O–H groups in total. The van der Waals surface area contributed by atoms with Gasteiger partial charge in [-0.1, -0.05) is 6.92 Å². The lowest BCUT2D eigenvalue weighted by atomic mass is 10.1. The molecule has 0 spiro atoms. The zero-order chi connectivity index (χ0) is 25.3. The summed E-state index contributed by atoms with van der Waals surface area (Å²) in [7, 11) is -1.51. The van der Waals surface area contributed by atoms with Crippen LogP contribution in [0.4, 0.5) is 35.1 Å². The first-order chi connectivity index (χ1) is 15.8. The van der Waals surface area contributed by atoms with Crippen LogP contribution in [0.5, 0.6) is 5.75 Å². The van der Waals surface area contributed by atoms with Crippen molar-refractivity contribution in [1.29, 1.82) is 0 Å². The third-order valence-corrected chi connectivity index (χ3v) is 5.87. The predicted molar refractivity (Wildman–Crippen MR) is 102 cm³/mol. The quantitative estimate of drug-likeness (QED) is 0.378. The minimum atomic E-state index is -6.39. The molecule has 1 atom stereocenters. The lowest BCUT2D eigenvalue weighted by Gasteiger charge is -2.31. The molecule has 186 valence electrons. The maximum atomic E-state index is 13.7. The van der Waals surface area contributed by atoms with E-state index in [1.54, 1.807) is 13.0 Å². The normalized spacial score (nSPS) is 13.9. The molecule has 7 nitrogen and oxygen atoms in total. The Labute approximate surface area is 188 Å². The molecule has 34 heavy (non-hydrogen) atoms. The van der Waals surface area contributed by atoms with Gasteiger partial charge in [-0.3, -0.25) is 4.21 Å². The molecule has 2 heterocycles. The fourth-order valence-electron chi connectivity index (χ4n) is 2.67. The van der Waals surface area contributed by atoms with Crippen molar-refractivity contribution in [1.82, 2.24) is 24.5 Å². The summed E-state index contributed by atoms with van der Waals surface area (Å²) in [6, 6.07) is 4.55. The maximum absolute atomic E-state index is 13.7. The first-order valence-electron chi connectivity index (χ1n) is 9.28. The molecular formula is C18H15F8N5O2S. The van der Waals surface area contributed by atoms with Crippen LogP contribution in [0.2, 0.25) is 0 Å². The topological polar surface area (TPSA) is 74.8 Å². The minimum Gasteiger partial charge on any atom is -0.484 e. The molecule has 0 saturated carbocycles. The molecule has 0 aliphatic heterocycles. The molecule has 0 bridgehead atoms. The van der Waals surface area contributed by atoms with Crippen LogP contribution < -0.4 is 4.74 Å². The van der Waals surface area contributed by atoms with Gasteiger partial charge in [-0.2, -0.15) is 36.5 Å². The molecule has 0 saturated heterocycles. The van der Waals surface area contributed by atoms with Crippen LogP contribution >= 0.6 is 0 Å². The van der Waals surface area contributed by atoms with E-state index in [0.717, 1.165) is 17.1 Å². The van der Waals surface area contributed by atoms with Gasteiger partial charge in [-0.25, -0.2) is 23.1 Å². The fourth-order valence-corrected chi connectivity index (χ4v) is 3.59. The van der Waals surface area contributed by atoms with Gasteiger partial charge in [-0.15, -0.1) is 0 Å². The van der Waals surface area contributed by atoms with Gasteiger partial charge in [0.05, 0.1) is 39.5 Å². The second kappa shape index (κ2) is 9.31. The molecular weight excluding hydrogens is 502 g/mol. The van der Waals surface area contributed by atoms with Gasteiger partial charge in [0, 0.05) is 5.75 Å². The van der Waals surface area contributed by atoms with Crippen LogP contribution in [0, 0.1) is 0 Å². The maximum Gasteiger partial charge on any atom is 0.381 e. The molecule has 0 aliphatic carbocycles. The van der Waals surface area contributed by atoms with E-state index in [1.807, 2.05) is 0 Å². The highest BCUT2D eigenvalue weighted by molar-refractivity contribution is 7.85. The van der Waals surface area contributed by atoms with Gasteiger partial charge < -0.3 is 4.74 Å². The molecule has 2 aromatic heterocycles. The Balaban J connectivity index is 1.88. The van der Waals surface area contributed by atoms with Crippen LogP contribution in [-0.2, 0) is 10.8 Å². The first kappa shape index (κ1) is 25.6. The van der Waals surface area contributed by atoms with Gasteiger partial charge >= 0.3 is 24.2 Å². The number of nitrogens with zero attached hydrogens (tertiary/aromatic N) is 5. The number of alkyl halides is 8. The molecule has 0 radical (unpaired) electrons. The SMILES string of the molecule is CCS(=O)c1ccc(-n2cncn2)cc1-n1cc(OCC(F)(F)C(F)(F)C(F)(F)C(F)F)cn1. The smallest absolute Gasteiger partial charge is 0.381 e. The van der Waals surface area contributed by atoms with Crippen LogP contribution in [0.15, 0.2) is 48.1 Å². The first-order valence-corrected chi connectivity index (χ1v) is 10.6. The Hall–Kier alpha value is -3.04. The van der Waals surface area contributed by atoms with E-state index in [4.69, 9.17) is 0 Å². The van der Waals surface area contributed by atoms with Crippen molar-refractivity contribution in [2.75, 3.05) is 12.4 Å². The van der Waals surface area contributed by atoms with Crippen molar-refractivity contribution in [2.45, 2.75) is 36.0 Å². The van der Waals surface area contributed by atoms with Crippen molar-refractivity contribution in [3.63, 3.8) is 0 Å². The van der Waals surface area contributed by atoms with E-state index >= 15 is 0 Å². The lowest BCUT2D eigenvalue weighted by molar-refractivity contribution is -0.342. The third-order valence-electron chi connectivity index (χ3n) is 4.51. The van der Waals surface area contributed by atoms with Crippen molar-refractivity contribution >= 4 is 10.8 Å². The monoisotopic (exact) mass is 517 g/mol. The summed E-state index contributed by atoms with van der Waals surface area (Å²) in [5.74, 6) is -18.7. The molecule has 1 aromatic carbocycles. The minimum absolute atomic E-state index is 0.185. The predicted octanol–water partition coefficient (Wildman–Crippen LogP) is 4.13. The second-order valence-electron chi connectivity index (χ2n) is 6.74. The number of aromatic nitrogens is 5. The Morgan fingerprint density at radius 1 is 1.09 bits per heavy atom. The summed E-state index contributed by atoms with van der Waals surface area (Å²) in [6.45, 7) is -0.693. The number of ether oxygens (including phenoxy) is 1. The largest absolute Gasteiger partial charge is 0.484 e. The Bertz CT molecular complexity index is 1150. The zero-order valence-electron chi connectivity index (χ0n) is 17.0. The Morgan fingerprint density at radius 3 is 2.38 bits per heavy atom. The van der Waals surface area contributed by atoms with Gasteiger partial charge in [0.25, 0.3) is 0 Å². The van der Waals surface area contributed by atoms with E-state index in [-0.39, 0.29) is 16.3 Å². The fraction of sp³-hybridized carbons (Fsp3) is 0.389.